The largest absolute Gasteiger partial charge is 0.325 e. The third-order valence-electron chi connectivity index (χ3n) is 4.05. The molecule has 0 radical (unpaired) electrons. The molecular weight excluding hydrogens is 341 g/mol. The molecule has 0 aliphatic rings. The predicted octanol–water partition coefficient (Wildman–Crippen LogP) is 4.44. The average Bonchev–Trinajstić information content (AvgIpc) is 2.56. The first-order valence-electron chi connectivity index (χ1n) is 7.78. The Hall–Kier alpha value is -2.66. The van der Waals surface area contributed by atoms with E-state index in [0.717, 1.165) is 28.6 Å². The first kappa shape index (κ1) is 17.2. The maximum atomic E-state index is 13.8. The molecule has 3 rings (SSSR count). The zero-order chi connectivity index (χ0) is 18.0. The van der Waals surface area contributed by atoms with Gasteiger partial charge in [0.1, 0.15) is 0 Å². The third-order valence-corrected chi connectivity index (χ3v) is 4.28. The number of halogens is 2. The van der Waals surface area contributed by atoms with Crippen LogP contribution < -0.4 is 10.9 Å². The molecule has 6 heteroatoms. The Kier molecular flexibility index (Phi) is 4.86. The fourth-order valence-electron chi connectivity index (χ4n) is 2.53. The molecule has 4 nitrogen and oxygen atoms in total. The summed E-state index contributed by atoms with van der Waals surface area (Å²) < 4.78 is 15.3. The van der Waals surface area contributed by atoms with Gasteiger partial charge in [-0.2, -0.15) is 9.37 Å². The number of benzene rings is 2. The molecule has 0 fully saturated rings. The Morgan fingerprint density at radius 1 is 1.20 bits per heavy atom. The van der Waals surface area contributed by atoms with E-state index < -0.39 is 11.4 Å². The van der Waals surface area contributed by atoms with Gasteiger partial charge in [0.25, 0.3) is 0 Å². The van der Waals surface area contributed by atoms with Crippen LogP contribution in [0.25, 0.3) is 0 Å². The standard InChI is InChI=1S/C19H17ClFN3O/c1-12-5-3-8-17(13(12)2)22-19-23-18(25)16(21)11-24(19)10-14-6-4-7-15(20)9-14/h3-9,11H,10H2,1-2H3,(H,22,23,25). The van der Waals surface area contributed by atoms with E-state index in [-0.39, 0.29) is 5.95 Å². The van der Waals surface area contributed by atoms with Crippen molar-refractivity contribution in [2.75, 3.05) is 5.32 Å². The lowest BCUT2D eigenvalue weighted by atomic mass is 10.1. The van der Waals surface area contributed by atoms with Crippen LogP contribution >= 0.6 is 11.6 Å². The summed E-state index contributed by atoms with van der Waals surface area (Å²) >= 11 is 6.01. The molecule has 0 saturated carbocycles. The van der Waals surface area contributed by atoms with Crippen LogP contribution in [0, 0.1) is 19.7 Å². The second-order valence-electron chi connectivity index (χ2n) is 5.85. The molecule has 0 bridgehead atoms. The van der Waals surface area contributed by atoms with Gasteiger partial charge in [0, 0.05) is 16.9 Å². The van der Waals surface area contributed by atoms with Gasteiger partial charge in [-0.3, -0.25) is 4.79 Å². The maximum absolute atomic E-state index is 13.8. The number of nitrogens with one attached hydrogen (secondary N) is 1. The smallest absolute Gasteiger partial charge is 0.310 e. The maximum Gasteiger partial charge on any atom is 0.310 e. The summed E-state index contributed by atoms with van der Waals surface area (Å²) in [7, 11) is 0. The van der Waals surface area contributed by atoms with E-state index >= 15 is 0 Å². The quantitative estimate of drug-likeness (QED) is 0.750. The molecule has 128 valence electrons. The van der Waals surface area contributed by atoms with Crippen LogP contribution in [-0.4, -0.2) is 9.55 Å². The van der Waals surface area contributed by atoms with Crippen molar-refractivity contribution in [3.05, 3.63) is 86.5 Å². The molecule has 0 saturated heterocycles. The molecule has 25 heavy (non-hydrogen) atoms. The van der Waals surface area contributed by atoms with Crippen molar-refractivity contribution in [1.82, 2.24) is 9.55 Å². The van der Waals surface area contributed by atoms with E-state index in [0.29, 0.717) is 11.6 Å². The zero-order valence-electron chi connectivity index (χ0n) is 13.9. The fourth-order valence-corrected chi connectivity index (χ4v) is 2.74. The van der Waals surface area contributed by atoms with E-state index in [1.54, 1.807) is 16.7 Å². The number of hydrogen-bond donors (Lipinski definition) is 1. The molecule has 1 heterocycles. The Morgan fingerprint density at radius 2 is 1.96 bits per heavy atom. The Morgan fingerprint density at radius 3 is 2.72 bits per heavy atom. The van der Waals surface area contributed by atoms with Gasteiger partial charge in [-0.05, 0) is 48.7 Å². The number of anilines is 2. The summed E-state index contributed by atoms with van der Waals surface area (Å²) in [5, 5.41) is 3.73. The van der Waals surface area contributed by atoms with Crippen molar-refractivity contribution in [2.24, 2.45) is 0 Å². The first-order chi connectivity index (χ1) is 11.9. The van der Waals surface area contributed by atoms with E-state index in [9.17, 15) is 9.18 Å². The summed E-state index contributed by atoms with van der Waals surface area (Å²) in [6.45, 7) is 4.30. The molecule has 0 spiro atoms. The fraction of sp³-hybridized carbons (Fsp3) is 0.158. The van der Waals surface area contributed by atoms with Gasteiger partial charge in [-0.1, -0.05) is 35.9 Å². The second-order valence-corrected chi connectivity index (χ2v) is 6.28. The van der Waals surface area contributed by atoms with Crippen LogP contribution in [0.15, 0.2) is 53.5 Å². The van der Waals surface area contributed by atoms with Gasteiger partial charge in [0.2, 0.25) is 11.8 Å². The van der Waals surface area contributed by atoms with Crippen LogP contribution in [0.2, 0.25) is 5.02 Å². The van der Waals surface area contributed by atoms with Gasteiger partial charge >= 0.3 is 5.56 Å². The third kappa shape index (κ3) is 3.88. The highest BCUT2D eigenvalue weighted by molar-refractivity contribution is 6.30. The molecule has 0 atom stereocenters. The van der Waals surface area contributed by atoms with Gasteiger partial charge in [0.15, 0.2) is 0 Å². The molecule has 0 unspecified atom stereocenters. The molecule has 0 amide bonds. The Labute approximate surface area is 149 Å². The van der Waals surface area contributed by atoms with Crippen LogP contribution in [0.1, 0.15) is 16.7 Å². The predicted molar refractivity (Wildman–Crippen MR) is 98.2 cm³/mol. The van der Waals surface area contributed by atoms with Crippen molar-refractivity contribution >= 4 is 23.2 Å². The molecule has 1 aromatic heterocycles. The SMILES string of the molecule is Cc1cccc(Nc2nc(=O)c(F)cn2Cc2cccc(Cl)c2)c1C. The molecule has 3 aromatic rings. The summed E-state index contributed by atoms with van der Waals surface area (Å²) in [6, 6.07) is 13.1. The van der Waals surface area contributed by atoms with Crippen molar-refractivity contribution < 1.29 is 4.39 Å². The second kappa shape index (κ2) is 7.07. The van der Waals surface area contributed by atoms with E-state index in [2.05, 4.69) is 10.3 Å². The van der Waals surface area contributed by atoms with E-state index in [1.165, 1.54) is 0 Å². The van der Waals surface area contributed by atoms with Crippen LogP contribution in [0.5, 0.6) is 0 Å². The Bertz CT molecular complexity index is 985. The van der Waals surface area contributed by atoms with Crippen molar-refractivity contribution in [3.8, 4) is 0 Å². The highest BCUT2D eigenvalue weighted by Crippen LogP contribution is 2.22. The van der Waals surface area contributed by atoms with Crippen LogP contribution in [-0.2, 0) is 6.54 Å². The lowest BCUT2D eigenvalue weighted by molar-refractivity contribution is 0.579. The summed E-state index contributed by atoms with van der Waals surface area (Å²) in [5.41, 5.74) is 2.95. The number of aromatic nitrogens is 2. The van der Waals surface area contributed by atoms with E-state index in [1.807, 2.05) is 44.2 Å². The van der Waals surface area contributed by atoms with Crippen molar-refractivity contribution in [2.45, 2.75) is 20.4 Å². The van der Waals surface area contributed by atoms with Crippen molar-refractivity contribution in [1.29, 1.82) is 0 Å². The van der Waals surface area contributed by atoms with Gasteiger partial charge < -0.3 is 9.88 Å². The van der Waals surface area contributed by atoms with Crippen molar-refractivity contribution in [3.63, 3.8) is 0 Å². The van der Waals surface area contributed by atoms with Gasteiger partial charge in [-0.15, -0.1) is 0 Å². The number of hydrogen-bond acceptors (Lipinski definition) is 3. The minimum absolute atomic E-state index is 0.278. The summed E-state index contributed by atoms with van der Waals surface area (Å²) in [5.74, 6) is -0.617. The van der Waals surface area contributed by atoms with Gasteiger partial charge in [0.05, 0.1) is 6.54 Å². The summed E-state index contributed by atoms with van der Waals surface area (Å²) in [4.78, 5) is 15.5. The molecule has 2 aromatic carbocycles. The van der Waals surface area contributed by atoms with E-state index in [4.69, 9.17) is 11.6 Å². The number of rotatable bonds is 4. The normalized spacial score (nSPS) is 10.7. The number of aryl methyl sites for hydroxylation is 1. The highest BCUT2D eigenvalue weighted by Gasteiger charge is 2.11. The Balaban J connectivity index is 2.02. The zero-order valence-corrected chi connectivity index (χ0v) is 14.6. The monoisotopic (exact) mass is 357 g/mol. The lowest BCUT2D eigenvalue weighted by Gasteiger charge is -2.16. The minimum atomic E-state index is -0.895. The molecular formula is C19H17ClFN3O. The van der Waals surface area contributed by atoms with Crippen LogP contribution in [0.4, 0.5) is 16.0 Å². The average molecular weight is 358 g/mol. The number of nitrogens with zero attached hydrogens (tertiary/aromatic N) is 2. The van der Waals surface area contributed by atoms with Crippen LogP contribution in [0.3, 0.4) is 0 Å². The first-order valence-corrected chi connectivity index (χ1v) is 8.16. The minimum Gasteiger partial charge on any atom is -0.325 e. The highest BCUT2D eigenvalue weighted by atomic mass is 35.5. The molecule has 0 aliphatic carbocycles. The lowest BCUT2D eigenvalue weighted by Crippen LogP contribution is -2.20. The molecule has 0 aliphatic heterocycles. The summed E-state index contributed by atoms with van der Waals surface area (Å²) in [6.07, 6.45) is 1.16. The topological polar surface area (TPSA) is 46.9 Å². The molecule has 1 N–H and O–H groups in total. The van der Waals surface area contributed by atoms with Gasteiger partial charge in [-0.25, -0.2) is 0 Å².